The number of carbonyl (C=O) groups excluding carboxylic acids is 1. The second-order valence-electron chi connectivity index (χ2n) is 5.11. The Labute approximate surface area is 108 Å². The van der Waals surface area contributed by atoms with Crippen molar-refractivity contribution < 1.29 is 4.79 Å². The van der Waals surface area contributed by atoms with Crippen LogP contribution >= 0.6 is 0 Å². The summed E-state index contributed by atoms with van der Waals surface area (Å²) >= 11 is 0. The highest BCUT2D eigenvalue weighted by molar-refractivity contribution is 5.80. The maximum atomic E-state index is 11.9. The zero-order chi connectivity index (χ0) is 13.1. The van der Waals surface area contributed by atoms with Gasteiger partial charge in [0, 0.05) is 20.3 Å². The number of aromatic nitrogens is 1. The first-order valence-corrected chi connectivity index (χ1v) is 6.50. The van der Waals surface area contributed by atoms with E-state index in [1.807, 2.05) is 19.2 Å². The number of nitrogens with zero attached hydrogens (tertiary/aromatic N) is 2. The second-order valence-corrected chi connectivity index (χ2v) is 5.11. The summed E-state index contributed by atoms with van der Waals surface area (Å²) in [5.74, 6) is 0.109. The summed E-state index contributed by atoms with van der Waals surface area (Å²) in [6, 6.07) is 4.15. The minimum atomic E-state index is -0.169. The maximum absolute atomic E-state index is 11.9. The fourth-order valence-corrected chi connectivity index (χ4v) is 2.53. The molecule has 0 bridgehead atoms. The van der Waals surface area contributed by atoms with Gasteiger partial charge in [-0.3, -0.25) is 15.1 Å². The largest absolute Gasteiger partial charge is 0.347 e. The van der Waals surface area contributed by atoms with Gasteiger partial charge in [0.05, 0.1) is 17.8 Å². The standard InChI is InChI=1S/C14H21N3O/c1-10(14(18)17(2)3)16-12-8-4-6-11-7-5-9-15-13(11)12/h5,7,9-10,12,16H,4,6,8H2,1-3H3. The van der Waals surface area contributed by atoms with Gasteiger partial charge in [-0.05, 0) is 37.8 Å². The number of fused-ring (bicyclic) bond motifs is 1. The molecular formula is C14H21N3O. The van der Waals surface area contributed by atoms with E-state index in [4.69, 9.17) is 0 Å². The lowest BCUT2D eigenvalue weighted by atomic mass is 9.91. The molecule has 1 N–H and O–H groups in total. The molecule has 1 heterocycles. The van der Waals surface area contributed by atoms with E-state index >= 15 is 0 Å². The number of likely N-dealkylation sites (N-methyl/N-ethyl adjacent to an activating group) is 1. The Morgan fingerprint density at radius 1 is 1.56 bits per heavy atom. The van der Waals surface area contributed by atoms with E-state index in [1.165, 1.54) is 5.56 Å². The monoisotopic (exact) mass is 247 g/mol. The van der Waals surface area contributed by atoms with E-state index in [-0.39, 0.29) is 18.0 Å². The van der Waals surface area contributed by atoms with Crippen LogP contribution in [-0.2, 0) is 11.2 Å². The van der Waals surface area contributed by atoms with Gasteiger partial charge in [-0.15, -0.1) is 0 Å². The zero-order valence-corrected chi connectivity index (χ0v) is 11.3. The number of rotatable bonds is 3. The molecule has 0 saturated carbocycles. The average molecular weight is 247 g/mol. The maximum Gasteiger partial charge on any atom is 0.238 e. The van der Waals surface area contributed by atoms with Crippen molar-refractivity contribution in [2.24, 2.45) is 0 Å². The molecule has 1 aliphatic rings. The van der Waals surface area contributed by atoms with Crippen LogP contribution in [0.1, 0.15) is 37.1 Å². The van der Waals surface area contributed by atoms with Gasteiger partial charge >= 0.3 is 0 Å². The molecule has 4 nitrogen and oxygen atoms in total. The summed E-state index contributed by atoms with van der Waals surface area (Å²) < 4.78 is 0. The fraction of sp³-hybridized carbons (Fsp3) is 0.571. The molecule has 1 aromatic rings. The SMILES string of the molecule is CC(NC1CCCc2cccnc21)C(=O)N(C)C. The van der Waals surface area contributed by atoms with E-state index in [0.717, 1.165) is 25.0 Å². The van der Waals surface area contributed by atoms with Crippen LogP contribution in [0.2, 0.25) is 0 Å². The molecule has 1 aliphatic carbocycles. The van der Waals surface area contributed by atoms with Crippen LogP contribution in [0.5, 0.6) is 0 Å². The highest BCUT2D eigenvalue weighted by Gasteiger charge is 2.25. The summed E-state index contributed by atoms with van der Waals surface area (Å²) in [6.07, 6.45) is 5.13. The van der Waals surface area contributed by atoms with Crippen LogP contribution in [0.3, 0.4) is 0 Å². The van der Waals surface area contributed by atoms with Crippen LogP contribution < -0.4 is 5.32 Å². The lowest BCUT2D eigenvalue weighted by molar-refractivity contribution is -0.130. The van der Waals surface area contributed by atoms with Gasteiger partial charge in [-0.2, -0.15) is 0 Å². The molecule has 0 radical (unpaired) electrons. The molecule has 2 unspecified atom stereocenters. The van der Waals surface area contributed by atoms with E-state index in [1.54, 1.807) is 19.0 Å². The highest BCUT2D eigenvalue weighted by atomic mass is 16.2. The fourth-order valence-electron chi connectivity index (χ4n) is 2.53. The van der Waals surface area contributed by atoms with Gasteiger partial charge < -0.3 is 4.90 Å². The summed E-state index contributed by atoms with van der Waals surface area (Å²) in [5, 5.41) is 3.40. The van der Waals surface area contributed by atoms with Crippen molar-refractivity contribution >= 4 is 5.91 Å². The summed E-state index contributed by atoms with van der Waals surface area (Å²) in [4.78, 5) is 18.0. The average Bonchev–Trinajstić information content (AvgIpc) is 2.38. The molecule has 2 atom stereocenters. The number of aryl methyl sites for hydroxylation is 1. The summed E-state index contributed by atoms with van der Waals surface area (Å²) in [7, 11) is 3.57. The van der Waals surface area contributed by atoms with Crippen molar-refractivity contribution in [2.75, 3.05) is 14.1 Å². The van der Waals surface area contributed by atoms with Gasteiger partial charge in [-0.25, -0.2) is 0 Å². The van der Waals surface area contributed by atoms with Crippen molar-refractivity contribution in [1.82, 2.24) is 15.2 Å². The summed E-state index contributed by atoms with van der Waals surface area (Å²) in [5.41, 5.74) is 2.42. The first-order valence-electron chi connectivity index (χ1n) is 6.50. The molecule has 2 rings (SSSR count). The Kier molecular flexibility index (Phi) is 3.97. The molecule has 0 fully saturated rings. The van der Waals surface area contributed by atoms with Crippen LogP contribution in [-0.4, -0.2) is 35.9 Å². The third-order valence-electron chi connectivity index (χ3n) is 3.46. The molecule has 0 aliphatic heterocycles. The molecule has 4 heteroatoms. The Bertz CT molecular complexity index is 431. The Morgan fingerprint density at radius 2 is 2.33 bits per heavy atom. The van der Waals surface area contributed by atoms with Gasteiger partial charge in [-0.1, -0.05) is 6.07 Å². The second kappa shape index (κ2) is 5.48. The summed E-state index contributed by atoms with van der Waals surface area (Å²) in [6.45, 7) is 1.92. The molecule has 0 spiro atoms. The van der Waals surface area contributed by atoms with Crippen LogP contribution in [0.25, 0.3) is 0 Å². The third kappa shape index (κ3) is 2.70. The van der Waals surface area contributed by atoms with Gasteiger partial charge in [0.15, 0.2) is 0 Å². The molecule has 0 saturated heterocycles. The number of pyridine rings is 1. The van der Waals surface area contributed by atoms with E-state index in [9.17, 15) is 4.79 Å². The molecule has 0 aromatic carbocycles. The number of hydrogen-bond acceptors (Lipinski definition) is 3. The van der Waals surface area contributed by atoms with Crippen molar-refractivity contribution in [3.8, 4) is 0 Å². The van der Waals surface area contributed by atoms with E-state index in [0.29, 0.717) is 0 Å². The van der Waals surface area contributed by atoms with E-state index in [2.05, 4.69) is 16.4 Å². The minimum Gasteiger partial charge on any atom is -0.347 e. The Hall–Kier alpha value is -1.42. The lowest BCUT2D eigenvalue weighted by Gasteiger charge is -2.28. The topological polar surface area (TPSA) is 45.2 Å². The van der Waals surface area contributed by atoms with Crippen LogP contribution in [0.15, 0.2) is 18.3 Å². The minimum absolute atomic E-state index is 0.109. The van der Waals surface area contributed by atoms with Crippen molar-refractivity contribution in [3.05, 3.63) is 29.6 Å². The lowest BCUT2D eigenvalue weighted by Crippen LogP contribution is -2.44. The number of nitrogens with one attached hydrogen (secondary N) is 1. The first kappa shape index (κ1) is 13.0. The zero-order valence-electron chi connectivity index (χ0n) is 11.3. The predicted molar refractivity (Wildman–Crippen MR) is 71.2 cm³/mol. The number of amides is 1. The predicted octanol–water partition coefficient (Wildman–Crippen LogP) is 1.53. The van der Waals surface area contributed by atoms with Crippen LogP contribution in [0.4, 0.5) is 0 Å². The Balaban J connectivity index is 2.10. The molecule has 1 amide bonds. The molecule has 98 valence electrons. The smallest absolute Gasteiger partial charge is 0.238 e. The quantitative estimate of drug-likeness (QED) is 0.881. The number of hydrogen-bond donors (Lipinski definition) is 1. The van der Waals surface area contributed by atoms with Crippen molar-refractivity contribution in [1.29, 1.82) is 0 Å². The molecule has 18 heavy (non-hydrogen) atoms. The van der Waals surface area contributed by atoms with Crippen LogP contribution in [0, 0.1) is 0 Å². The van der Waals surface area contributed by atoms with Crippen molar-refractivity contribution in [2.45, 2.75) is 38.3 Å². The normalized spacial score (nSPS) is 20.1. The van der Waals surface area contributed by atoms with Crippen molar-refractivity contribution in [3.63, 3.8) is 0 Å². The van der Waals surface area contributed by atoms with Gasteiger partial charge in [0.25, 0.3) is 0 Å². The number of carbonyl (C=O) groups is 1. The Morgan fingerprint density at radius 3 is 3.06 bits per heavy atom. The third-order valence-corrected chi connectivity index (χ3v) is 3.46. The highest BCUT2D eigenvalue weighted by Crippen LogP contribution is 2.27. The molecular weight excluding hydrogens is 226 g/mol. The van der Waals surface area contributed by atoms with Gasteiger partial charge in [0.2, 0.25) is 5.91 Å². The first-order chi connectivity index (χ1) is 8.59. The molecule has 1 aromatic heterocycles. The van der Waals surface area contributed by atoms with E-state index < -0.39 is 0 Å². The van der Waals surface area contributed by atoms with Gasteiger partial charge in [0.1, 0.15) is 0 Å².